The van der Waals surface area contributed by atoms with E-state index in [1.165, 1.54) is 26.4 Å². The molecule has 0 aromatic rings. The van der Waals surface area contributed by atoms with Crippen LogP contribution in [0, 0.1) is 11.8 Å². The van der Waals surface area contributed by atoms with Gasteiger partial charge in [0.1, 0.15) is 17.4 Å². The maximum atomic E-state index is 13.3. The summed E-state index contributed by atoms with van der Waals surface area (Å²) in [5, 5.41) is 0. The van der Waals surface area contributed by atoms with E-state index >= 15 is 0 Å². The van der Waals surface area contributed by atoms with E-state index < -0.39 is 23.5 Å². The highest BCUT2D eigenvalue weighted by Crippen LogP contribution is 2.43. The summed E-state index contributed by atoms with van der Waals surface area (Å²) in [6, 6.07) is -0.205. The van der Waals surface area contributed by atoms with Gasteiger partial charge in [0, 0.05) is 6.61 Å². The standard InChI is InChI=1S/C24H41NO6/c1-23(2,3)31-22(27)25-18(15-16-11-8-7-9-12-16)20(30-24(25,4)5)19-17(21(26)28-6)13-10-14-29-19/h16-20H,7-15H2,1-6H3/t17-,18+,19-,20-/m1/s1. The number of esters is 1. The van der Waals surface area contributed by atoms with Crippen molar-refractivity contribution in [2.24, 2.45) is 11.8 Å². The number of nitrogens with zero attached hydrogens (tertiary/aromatic N) is 1. The van der Waals surface area contributed by atoms with Gasteiger partial charge in [0.25, 0.3) is 0 Å². The van der Waals surface area contributed by atoms with Crippen LogP contribution in [0.2, 0.25) is 0 Å². The largest absolute Gasteiger partial charge is 0.469 e. The molecule has 1 amide bonds. The lowest BCUT2D eigenvalue weighted by molar-refractivity contribution is -0.172. The Labute approximate surface area is 187 Å². The Kier molecular flexibility index (Phi) is 7.57. The first-order chi connectivity index (χ1) is 14.5. The summed E-state index contributed by atoms with van der Waals surface area (Å²) in [6.45, 7) is 10.0. The first kappa shape index (κ1) is 24.3. The molecule has 4 atom stereocenters. The van der Waals surface area contributed by atoms with Crippen LogP contribution in [0.4, 0.5) is 4.79 Å². The molecule has 1 aliphatic carbocycles. The van der Waals surface area contributed by atoms with Gasteiger partial charge in [0.05, 0.1) is 25.2 Å². The van der Waals surface area contributed by atoms with Crippen molar-refractivity contribution in [2.75, 3.05) is 13.7 Å². The summed E-state index contributed by atoms with van der Waals surface area (Å²) in [6.07, 6.45) is 7.22. The summed E-state index contributed by atoms with van der Waals surface area (Å²) in [4.78, 5) is 27.6. The van der Waals surface area contributed by atoms with Crippen molar-refractivity contribution in [1.82, 2.24) is 4.90 Å². The quantitative estimate of drug-likeness (QED) is 0.593. The second-order valence-electron chi connectivity index (χ2n) is 10.8. The lowest BCUT2D eigenvalue weighted by Gasteiger charge is -2.38. The summed E-state index contributed by atoms with van der Waals surface area (Å²) >= 11 is 0. The van der Waals surface area contributed by atoms with Crippen LogP contribution in [-0.2, 0) is 23.7 Å². The van der Waals surface area contributed by atoms with Crippen molar-refractivity contribution in [3.05, 3.63) is 0 Å². The van der Waals surface area contributed by atoms with Gasteiger partial charge in [-0.05, 0) is 59.8 Å². The van der Waals surface area contributed by atoms with E-state index in [1.807, 2.05) is 34.6 Å². The number of rotatable bonds is 4. The molecular formula is C24H41NO6. The highest BCUT2D eigenvalue weighted by Gasteiger charge is 2.56. The Morgan fingerprint density at radius 3 is 2.32 bits per heavy atom. The number of amides is 1. The van der Waals surface area contributed by atoms with Crippen molar-refractivity contribution < 1.29 is 28.5 Å². The van der Waals surface area contributed by atoms with Gasteiger partial charge in [0.2, 0.25) is 0 Å². The molecule has 178 valence electrons. The molecule has 7 nitrogen and oxygen atoms in total. The van der Waals surface area contributed by atoms with Crippen LogP contribution in [0.3, 0.4) is 0 Å². The number of ether oxygens (including phenoxy) is 4. The Morgan fingerprint density at radius 2 is 1.71 bits per heavy atom. The maximum Gasteiger partial charge on any atom is 0.412 e. The van der Waals surface area contributed by atoms with Gasteiger partial charge >= 0.3 is 12.1 Å². The molecule has 1 saturated carbocycles. The SMILES string of the molecule is COC(=O)[C@@H]1CCCO[C@H]1[C@@H]1OC(C)(C)N(C(=O)OC(C)(C)C)[C@H]1CC1CCCCC1. The summed E-state index contributed by atoms with van der Waals surface area (Å²) < 4.78 is 23.5. The van der Waals surface area contributed by atoms with Gasteiger partial charge in [0.15, 0.2) is 0 Å². The number of hydrogen-bond acceptors (Lipinski definition) is 6. The highest BCUT2D eigenvalue weighted by atomic mass is 16.6. The summed E-state index contributed by atoms with van der Waals surface area (Å²) in [5.41, 5.74) is -1.45. The molecule has 3 aliphatic rings. The molecule has 0 aromatic carbocycles. The van der Waals surface area contributed by atoms with Gasteiger partial charge in [-0.15, -0.1) is 0 Å². The monoisotopic (exact) mass is 439 g/mol. The molecule has 0 spiro atoms. The topological polar surface area (TPSA) is 74.3 Å². The fraction of sp³-hybridized carbons (Fsp3) is 0.917. The fourth-order valence-electron chi connectivity index (χ4n) is 5.50. The van der Waals surface area contributed by atoms with Crippen molar-refractivity contribution in [3.8, 4) is 0 Å². The van der Waals surface area contributed by atoms with Gasteiger partial charge in [-0.3, -0.25) is 9.69 Å². The first-order valence-electron chi connectivity index (χ1n) is 11.9. The average Bonchev–Trinajstić information content (AvgIpc) is 2.97. The molecule has 31 heavy (non-hydrogen) atoms. The minimum atomic E-state index is -0.853. The minimum Gasteiger partial charge on any atom is -0.469 e. The fourth-order valence-corrected chi connectivity index (χ4v) is 5.50. The zero-order valence-electron chi connectivity index (χ0n) is 20.1. The van der Waals surface area contributed by atoms with E-state index in [-0.39, 0.29) is 24.0 Å². The lowest BCUT2D eigenvalue weighted by Crippen LogP contribution is -2.53. The highest BCUT2D eigenvalue weighted by molar-refractivity contribution is 5.73. The minimum absolute atomic E-state index is 0.205. The molecule has 0 unspecified atom stereocenters. The third kappa shape index (κ3) is 5.72. The molecule has 2 aliphatic heterocycles. The Bertz CT molecular complexity index is 636. The smallest absolute Gasteiger partial charge is 0.412 e. The van der Waals surface area contributed by atoms with E-state index in [2.05, 4.69) is 0 Å². The Morgan fingerprint density at radius 1 is 1.03 bits per heavy atom. The van der Waals surface area contributed by atoms with Gasteiger partial charge in [-0.2, -0.15) is 0 Å². The number of carbonyl (C=O) groups is 2. The van der Waals surface area contributed by atoms with E-state index in [0.717, 1.165) is 25.7 Å². The predicted octanol–water partition coefficient (Wildman–Crippen LogP) is 4.67. The predicted molar refractivity (Wildman–Crippen MR) is 116 cm³/mol. The van der Waals surface area contributed by atoms with Crippen LogP contribution >= 0.6 is 0 Å². The van der Waals surface area contributed by atoms with Crippen molar-refractivity contribution in [2.45, 2.75) is 116 Å². The van der Waals surface area contributed by atoms with E-state index in [1.54, 1.807) is 4.90 Å². The van der Waals surface area contributed by atoms with E-state index in [9.17, 15) is 9.59 Å². The zero-order valence-corrected chi connectivity index (χ0v) is 20.1. The van der Waals surface area contributed by atoms with Crippen LogP contribution in [0.5, 0.6) is 0 Å². The number of hydrogen-bond donors (Lipinski definition) is 0. The Balaban J connectivity index is 1.91. The first-order valence-corrected chi connectivity index (χ1v) is 11.9. The van der Waals surface area contributed by atoms with Crippen molar-refractivity contribution in [3.63, 3.8) is 0 Å². The normalized spacial score (nSPS) is 32.0. The summed E-state index contributed by atoms with van der Waals surface area (Å²) in [5.74, 6) is -0.117. The van der Waals surface area contributed by atoms with Crippen LogP contribution in [-0.4, -0.2) is 60.3 Å². The lowest BCUT2D eigenvalue weighted by atomic mass is 9.80. The molecule has 0 bridgehead atoms. The van der Waals surface area contributed by atoms with Gasteiger partial charge in [-0.1, -0.05) is 32.1 Å². The molecule has 0 aromatic heterocycles. The van der Waals surface area contributed by atoms with Crippen molar-refractivity contribution in [1.29, 1.82) is 0 Å². The molecule has 0 N–H and O–H groups in total. The van der Waals surface area contributed by atoms with Gasteiger partial charge in [-0.25, -0.2) is 4.79 Å². The maximum absolute atomic E-state index is 13.3. The molecule has 3 rings (SSSR count). The third-order valence-electron chi connectivity index (χ3n) is 6.80. The van der Waals surface area contributed by atoms with Crippen LogP contribution in [0.1, 0.15) is 86.0 Å². The molecule has 2 saturated heterocycles. The van der Waals surface area contributed by atoms with Crippen LogP contribution in [0.25, 0.3) is 0 Å². The second-order valence-corrected chi connectivity index (χ2v) is 10.8. The zero-order chi connectivity index (χ0) is 22.8. The van der Waals surface area contributed by atoms with Crippen LogP contribution < -0.4 is 0 Å². The molecular weight excluding hydrogens is 398 g/mol. The van der Waals surface area contributed by atoms with Gasteiger partial charge < -0.3 is 18.9 Å². The number of carbonyl (C=O) groups excluding carboxylic acids is 2. The second kappa shape index (κ2) is 9.65. The summed E-state index contributed by atoms with van der Waals surface area (Å²) in [7, 11) is 1.42. The molecule has 7 heteroatoms. The molecule has 2 heterocycles. The van der Waals surface area contributed by atoms with E-state index in [0.29, 0.717) is 18.9 Å². The Hall–Kier alpha value is -1.34. The third-order valence-corrected chi connectivity index (χ3v) is 6.80. The van der Waals surface area contributed by atoms with E-state index in [4.69, 9.17) is 18.9 Å². The number of methoxy groups -OCH3 is 1. The average molecular weight is 440 g/mol. The molecule has 3 fully saturated rings. The molecule has 0 radical (unpaired) electrons. The van der Waals surface area contributed by atoms with Crippen molar-refractivity contribution >= 4 is 12.1 Å². The van der Waals surface area contributed by atoms with Crippen LogP contribution in [0.15, 0.2) is 0 Å².